The fourth-order valence-electron chi connectivity index (χ4n) is 1.45. The topological polar surface area (TPSA) is 20.3 Å². The summed E-state index contributed by atoms with van der Waals surface area (Å²) in [4.78, 5) is 12.5. The molecule has 0 atom stereocenters. The number of carbonyl (C=O) groups excluding carboxylic acids is 1. The summed E-state index contributed by atoms with van der Waals surface area (Å²) in [6, 6.07) is 8.27. The predicted molar refractivity (Wildman–Crippen MR) is 58.0 cm³/mol. The summed E-state index contributed by atoms with van der Waals surface area (Å²) in [5.74, 6) is 0.260. The van der Waals surface area contributed by atoms with Gasteiger partial charge >= 0.3 is 0 Å². The maximum absolute atomic E-state index is 11.4. The van der Waals surface area contributed by atoms with Gasteiger partial charge < -0.3 is 0 Å². The molecule has 2 nitrogen and oxygen atoms in total. The lowest BCUT2D eigenvalue weighted by Crippen LogP contribution is -2.15. The minimum Gasteiger partial charge on any atom is -0.282 e. The Hall–Kier alpha value is -0.960. The highest BCUT2D eigenvalue weighted by Gasteiger charge is 2.20. The largest absolute Gasteiger partial charge is 0.282 e. The van der Waals surface area contributed by atoms with Crippen LogP contribution < -0.4 is 0 Å². The third-order valence-electron chi connectivity index (χ3n) is 2.27. The first-order chi connectivity index (χ1) is 6.75. The SMILES string of the molecule is Cc1ccc(SN2CCCC2=O)cc1. The smallest absolute Gasteiger partial charge is 0.232 e. The van der Waals surface area contributed by atoms with E-state index in [-0.39, 0.29) is 5.91 Å². The highest BCUT2D eigenvalue weighted by atomic mass is 32.2. The summed E-state index contributed by atoms with van der Waals surface area (Å²) in [6.07, 6.45) is 1.70. The van der Waals surface area contributed by atoms with Crippen LogP contribution in [0.25, 0.3) is 0 Å². The van der Waals surface area contributed by atoms with Gasteiger partial charge in [0, 0.05) is 17.9 Å². The Morgan fingerprint density at radius 2 is 2.00 bits per heavy atom. The van der Waals surface area contributed by atoms with Gasteiger partial charge in [0.15, 0.2) is 0 Å². The van der Waals surface area contributed by atoms with Crippen molar-refractivity contribution in [3.63, 3.8) is 0 Å². The predicted octanol–water partition coefficient (Wildman–Crippen LogP) is 2.62. The summed E-state index contributed by atoms with van der Waals surface area (Å²) in [5, 5.41) is 0. The normalized spacial score (nSPS) is 16.4. The molecule has 0 saturated carbocycles. The third-order valence-corrected chi connectivity index (χ3v) is 3.36. The first kappa shape index (κ1) is 9.59. The van der Waals surface area contributed by atoms with Gasteiger partial charge in [0.05, 0.1) is 0 Å². The summed E-state index contributed by atoms with van der Waals surface area (Å²) >= 11 is 1.55. The third kappa shape index (κ3) is 2.10. The van der Waals surface area contributed by atoms with Crippen molar-refractivity contribution in [3.8, 4) is 0 Å². The van der Waals surface area contributed by atoms with Gasteiger partial charge in [-0.2, -0.15) is 0 Å². The van der Waals surface area contributed by atoms with Crippen molar-refractivity contribution in [2.75, 3.05) is 6.54 Å². The van der Waals surface area contributed by atoms with Crippen molar-refractivity contribution >= 4 is 17.9 Å². The molecular weight excluding hydrogens is 194 g/mol. The van der Waals surface area contributed by atoms with E-state index < -0.39 is 0 Å². The fraction of sp³-hybridized carbons (Fsp3) is 0.364. The number of rotatable bonds is 2. The van der Waals surface area contributed by atoms with E-state index in [1.807, 2.05) is 4.31 Å². The first-order valence-corrected chi connectivity index (χ1v) is 5.58. The van der Waals surface area contributed by atoms with Crippen LogP contribution in [0.5, 0.6) is 0 Å². The van der Waals surface area contributed by atoms with Crippen molar-refractivity contribution in [1.82, 2.24) is 4.31 Å². The number of aryl methyl sites for hydroxylation is 1. The van der Waals surface area contributed by atoms with E-state index in [4.69, 9.17) is 0 Å². The van der Waals surface area contributed by atoms with E-state index in [1.165, 1.54) is 5.56 Å². The highest BCUT2D eigenvalue weighted by molar-refractivity contribution is 7.97. The fourth-order valence-corrected chi connectivity index (χ4v) is 2.37. The lowest BCUT2D eigenvalue weighted by atomic mass is 10.2. The minimum atomic E-state index is 0.260. The molecular formula is C11H13NOS. The molecule has 1 fully saturated rings. The van der Waals surface area contributed by atoms with Crippen LogP contribution in [0.4, 0.5) is 0 Å². The van der Waals surface area contributed by atoms with Crippen LogP contribution in [0.1, 0.15) is 18.4 Å². The number of hydrogen-bond acceptors (Lipinski definition) is 2. The Morgan fingerprint density at radius 1 is 1.29 bits per heavy atom. The van der Waals surface area contributed by atoms with Gasteiger partial charge in [0.1, 0.15) is 0 Å². The zero-order valence-corrected chi connectivity index (χ0v) is 9.01. The van der Waals surface area contributed by atoms with Gasteiger partial charge in [0.25, 0.3) is 0 Å². The monoisotopic (exact) mass is 207 g/mol. The molecule has 0 spiro atoms. The minimum absolute atomic E-state index is 0.260. The van der Waals surface area contributed by atoms with Crippen LogP contribution in [-0.4, -0.2) is 16.8 Å². The molecule has 14 heavy (non-hydrogen) atoms. The second kappa shape index (κ2) is 4.05. The molecule has 1 heterocycles. The number of amides is 1. The van der Waals surface area contributed by atoms with Crippen LogP contribution in [0, 0.1) is 6.92 Å². The Kier molecular flexibility index (Phi) is 2.77. The quantitative estimate of drug-likeness (QED) is 0.695. The average molecular weight is 207 g/mol. The van der Waals surface area contributed by atoms with E-state index in [2.05, 4.69) is 31.2 Å². The Balaban J connectivity index is 2.03. The molecule has 0 N–H and O–H groups in total. The maximum atomic E-state index is 11.4. The summed E-state index contributed by atoms with van der Waals surface area (Å²) in [6.45, 7) is 2.95. The molecule has 3 heteroatoms. The Morgan fingerprint density at radius 3 is 2.57 bits per heavy atom. The molecule has 1 aliphatic heterocycles. The first-order valence-electron chi connectivity index (χ1n) is 4.81. The average Bonchev–Trinajstić information content (AvgIpc) is 2.56. The number of nitrogens with zero attached hydrogens (tertiary/aromatic N) is 1. The van der Waals surface area contributed by atoms with Crippen molar-refractivity contribution < 1.29 is 4.79 Å². The van der Waals surface area contributed by atoms with Crippen molar-refractivity contribution in [3.05, 3.63) is 29.8 Å². The molecule has 2 rings (SSSR count). The van der Waals surface area contributed by atoms with Crippen LogP contribution in [0.15, 0.2) is 29.2 Å². The van der Waals surface area contributed by atoms with Gasteiger partial charge in [-0.25, -0.2) is 0 Å². The second-order valence-corrected chi connectivity index (χ2v) is 4.60. The molecule has 1 amide bonds. The molecule has 74 valence electrons. The molecule has 0 bridgehead atoms. The molecule has 1 aromatic rings. The summed E-state index contributed by atoms with van der Waals surface area (Å²) in [5.41, 5.74) is 1.25. The zero-order chi connectivity index (χ0) is 9.97. The molecule has 0 aliphatic carbocycles. The summed E-state index contributed by atoms with van der Waals surface area (Å²) < 4.78 is 1.85. The van der Waals surface area contributed by atoms with Crippen molar-refractivity contribution in [2.45, 2.75) is 24.7 Å². The highest BCUT2D eigenvalue weighted by Crippen LogP contribution is 2.27. The van der Waals surface area contributed by atoms with Crippen LogP contribution in [0.3, 0.4) is 0 Å². The van der Waals surface area contributed by atoms with Gasteiger partial charge in [-0.3, -0.25) is 9.10 Å². The van der Waals surface area contributed by atoms with E-state index in [9.17, 15) is 4.79 Å². The van der Waals surface area contributed by atoms with Gasteiger partial charge in [-0.15, -0.1) is 0 Å². The lowest BCUT2D eigenvalue weighted by molar-refractivity contribution is -0.123. The zero-order valence-electron chi connectivity index (χ0n) is 8.19. The second-order valence-electron chi connectivity index (χ2n) is 3.50. The van der Waals surface area contributed by atoms with Gasteiger partial charge in [-0.05, 0) is 37.4 Å². The molecule has 0 unspecified atom stereocenters. The van der Waals surface area contributed by atoms with Crippen LogP contribution >= 0.6 is 11.9 Å². The number of hydrogen-bond donors (Lipinski definition) is 0. The van der Waals surface area contributed by atoms with E-state index in [0.717, 1.165) is 17.9 Å². The van der Waals surface area contributed by atoms with Crippen LogP contribution in [-0.2, 0) is 4.79 Å². The molecule has 0 aromatic heterocycles. The van der Waals surface area contributed by atoms with E-state index in [1.54, 1.807) is 11.9 Å². The maximum Gasteiger partial charge on any atom is 0.232 e. The van der Waals surface area contributed by atoms with Gasteiger partial charge in [-0.1, -0.05) is 17.7 Å². The van der Waals surface area contributed by atoms with E-state index >= 15 is 0 Å². The van der Waals surface area contributed by atoms with Gasteiger partial charge in [0.2, 0.25) is 5.91 Å². The van der Waals surface area contributed by atoms with Crippen molar-refractivity contribution in [2.24, 2.45) is 0 Å². The van der Waals surface area contributed by atoms with Crippen LogP contribution in [0.2, 0.25) is 0 Å². The number of carbonyl (C=O) groups is 1. The standard InChI is InChI=1S/C11H13NOS/c1-9-4-6-10(7-5-9)14-12-8-2-3-11(12)13/h4-7H,2-3,8H2,1H3. The Bertz CT molecular complexity index is 334. The Labute approximate surface area is 88.4 Å². The van der Waals surface area contributed by atoms with Crippen molar-refractivity contribution in [1.29, 1.82) is 0 Å². The molecule has 1 aliphatic rings. The summed E-state index contributed by atoms with van der Waals surface area (Å²) in [7, 11) is 0. The lowest BCUT2D eigenvalue weighted by Gasteiger charge is -2.13. The number of benzene rings is 1. The molecule has 1 saturated heterocycles. The van der Waals surface area contributed by atoms with E-state index in [0.29, 0.717) is 6.42 Å². The molecule has 0 radical (unpaired) electrons. The molecule has 1 aromatic carbocycles.